The first-order valence-electron chi connectivity index (χ1n) is 8.88. The third-order valence-corrected chi connectivity index (χ3v) is 4.28. The van der Waals surface area contributed by atoms with Crippen molar-refractivity contribution in [1.29, 1.82) is 0 Å². The van der Waals surface area contributed by atoms with Gasteiger partial charge in [0.15, 0.2) is 6.04 Å². The fraction of sp³-hybridized carbons (Fsp3) is 0.250. The normalized spacial score (nSPS) is 15.8. The van der Waals surface area contributed by atoms with Gasteiger partial charge in [-0.05, 0) is 24.3 Å². The number of carboxylic acid groups (broad SMARTS) is 1. The molecule has 1 unspecified atom stereocenters. The Kier molecular flexibility index (Phi) is 6.23. The molecule has 3 N–H and O–H groups in total. The molecular weight excluding hydrogens is 360 g/mol. The number of carbonyl (C=O) groups is 2. The summed E-state index contributed by atoms with van der Waals surface area (Å²) in [6.45, 7) is 1.12. The van der Waals surface area contributed by atoms with E-state index < -0.39 is 17.9 Å². The van der Waals surface area contributed by atoms with Crippen LogP contribution in [0.1, 0.15) is 6.42 Å². The monoisotopic (exact) mass is 382 g/mol. The van der Waals surface area contributed by atoms with Crippen LogP contribution in [0.5, 0.6) is 0 Å². The maximum absolute atomic E-state index is 12.7. The van der Waals surface area contributed by atoms with Gasteiger partial charge in [-0.25, -0.2) is 4.79 Å². The van der Waals surface area contributed by atoms with Gasteiger partial charge in [0.2, 0.25) is 0 Å². The molecule has 0 bridgehead atoms. The number of carboxylic acids is 1. The average Bonchev–Trinajstić information content (AvgIpc) is 3.16. The Balaban J connectivity index is 1.77. The van der Waals surface area contributed by atoms with E-state index in [1.54, 1.807) is 37.4 Å². The molecule has 2 aromatic rings. The van der Waals surface area contributed by atoms with E-state index in [1.165, 1.54) is 5.01 Å². The Morgan fingerprint density at radius 2 is 1.82 bits per heavy atom. The van der Waals surface area contributed by atoms with Crippen LogP contribution in [0.3, 0.4) is 0 Å². The van der Waals surface area contributed by atoms with Crippen molar-refractivity contribution in [1.82, 2.24) is 0 Å². The molecule has 0 saturated heterocycles. The van der Waals surface area contributed by atoms with Gasteiger partial charge < -0.3 is 20.5 Å². The third kappa shape index (κ3) is 4.47. The number of amides is 1. The first-order valence-corrected chi connectivity index (χ1v) is 8.88. The molecule has 0 saturated carbocycles. The van der Waals surface area contributed by atoms with Crippen molar-refractivity contribution in [3.63, 3.8) is 0 Å². The lowest BCUT2D eigenvalue weighted by atomic mass is 10.1. The van der Waals surface area contributed by atoms with E-state index in [4.69, 9.17) is 4.74 Å². The topological polar surface area (TPSA) is 103 Å². The van der Waals surface area contributed by atoms with Crippen molar-refractivity contribution in [2.75, 3.05) is 35.9 Å². The number of benzene rings is 2. The number of anilines is 3. The minimum absolute atomic E-state index is 0.0231. The second-order valence-corrected chi connectivity index (χ2v) is 6.20. The Hall–Kier alpha value is -3.39. The first-order chi connectivity index (χ1) is 13.6. The molecule has 3 rings (SSSR count). The van der Waals surface area contributed by atoms with Crippen molar-refractivity contribution in [2.45, 2.75) is 12.5 Å². The zero-order chi connectivity index (χ0) is 19.9. The molecule has 1 aliphatic heterocycles. The summed E-state index contributed by atoms with van der Waals surface area (Å²) in [4.78, 5) is 24.4. The number of nitrogens with one attached hydrogen (secondary N) is 2. The Morgan fingerprint density at radius 3 is 2.50 bits per heavy atom. The zero-order valence-electron chi connectivity index (χ0n) is 15.5. The third-order valence-electron chi connectivity index (χ3n) is 4.28. The summed E-state index contributed by atoms with van der Waals surface area (Å²) in [6, 6.07) is 15.3. The van der Waals surface area contributed by atoms with Crippen LogP contribution in [-0.4, -0.2) is 49.0 Å². The molecule has 2 aromatic carbocycles. The maximum Gasteiger partial charge on any atom is 0.328 e. The molecule has 1 atom stereocenters. The van der Waals surface area contributed by atoms with Gasteiger partial charge in [-0.3, -0.25) is 9.80 Å². The minimum atomic E-state index is -1.03. The van der Waals surface area contributed by atoms with Gasteiger partial charge in [0.25, 0.3) is 5.91 Å². The van der Waals surface area contributed by atoms with Crippen molar-refractivity contribution in [2.24, 2.45) is 5.10 Å². The second-order valence-electron chi connectivity index (χ2n) is 6.20. The van der Waals surface area contributed by atoms with Crippen molar-refractivity contribution < 1.29 is 19.4 Å². The SMILES string of the molecule is COCCNc1ccccc1NC(=O)C1=NN(c2ccccc2)C(C(=O)O)C1. The van der Waals surface area contributed by atoms with Gasteiger partial charge in [0.1, 0.15) is 5.71 Å². The van der Waals surface area contributed by atoms with E-state index in [-0.39, 0.29) is 12.1 Å². The summed E-state index contributed by atoms with van der Waals surface area (Å²) in [6.07, 6.45) is 0.0231. The smallest absolute Gasteiger partial charge is 0.328 e. The highest BCUT2D eigenvalue weighted by atomic mass is 16.5. The number of aliphatic carboxylic acids is 1. The molecule has 8 heteroatoms. The van der Waals surface area contributed by atoms with E-state index in [9.17, 15) is 14.7 Å². The zero-order valence-corrected chi connectivity index (χ0v) is 15.5. The molecule has 0 aromatic heterocycles. The molecule has 28 heavy (non-hydrogen) atoms. The fourth-order valence-electron chi connectivity index (χ4n) is 2.89. The van der Waals surface area contributed by atoms with Crippen molar-refractivity contribution in [3.8, 4) is 0 Å². The summed E-state index contributed by atoms with van der Waals surface area (Å²) in [5, 5.41) is 21.2. The number of methoxy groups -OCH3 is 1. The quantitative estimate of drug-likeness (QED) is 0.606. The number of hydrogen-bond donors (Lipinski definition) is 3. The highest BCUT2D eigenvalue weighted by Gasteiger charge is 2.36. The molecule has 8 nitrogen and oxygen atoms in total. The second kappa shape index (κ2) is 9.01. The number of para-hydroxylation sites is 3. The number of carbonyl (C=O) groups excluding carboxylic acids is 1. The number of hydrogen-bond acceptors (Lipinski definition) is 6. The Bertz CT molecular complexity index is 870. The number of ether oxygens (including phenoxy) is 1. The van der Waals surface area contributed by atoms with Crippen LogP contribution in [0.4, 0.5) is 17.1 Å². The lowest BCUT2D eigenvalue weighted by molar-refractivity contribution is -0.138. The van der Waals surface area contributed by atoms with Crippen LogP contribution in [0.2, 0.25) is 0 Å². The van der Waals surface area contributed by atoms with Crippen molar-refractivity contribution in [3.05, 3.63) is 54.6 Å². The molecule has 0 radical (unpaired) electrons. The predicted molar refractivity (Wildman–Crippen MR) is 108 cm³/mol. The highest BCUT2D eigenvalue weighted by Crippen LogP contribution is 2.26. The van der Waals surface area contributed by atoms with Gasteiger partial charge in [0, 0.05) is 20.1 Å². The lowest BCUT2D eigenvalue weighted by Gasteiger charge is -2.19. The molecular formula is C20H22N4O4. The van der Waals surface area contributed by atoms with Gasteiger partial charge in [-0.2, -0.15) is 5.10 Å². The van der Waals surface area contributed by atoms with Crippen LogP contribution >= 0.6 is 0 Å². The Morgan fingerprint density at radius 1 is 1.14 bits per heavy atom. The Labute approximate surface area is 162 Å². The molecule has 1 aliphatic rings. The summed E-state index contributed by atoms with van der Waals surface area (Å²) in [5.41, 5.74) is 2.14. The average molecular weight is 382 g/mol. The number of hydrazone groups is 1. The molecule has 146 valence electrons. The molecule has 1 amide bonds. The molecule has 1 heterocycles. The van der Waals surface area contributed by atoms with E-state index in [1.807, 2.05) is 24.3 Å². The van der Waals surface area contributed by atoms with E-state index in [2.05, 4.69) is 15.7 Å². The standard InChI is InChI=1S/C20H22N4O4/c1-28-12-11-21-15-9-5-6-10-16(15)22-19(25)17-13-18(20(26)27)24(23-17)14-7-3-2-4-8-14/h2-10,18,21H,11-13H2,1H3,(H,22,25)(H,26,27). The summed E-state index contributed by atoms with van der Waals surface area (Å²) in [7, 11) is 1.62. The summed E-state index contributed by atoms with van der Waals surface area (Å²) < 4.78 is 5.02. The van der Waals surface area contributed by atoms with E-state index in [0.29, 0.717) is 24.5 Å². The number of rotatable bonds is 8. The minimum Gasteiger partial charge on any atom is -0.480 e. The maximum atomic E-state index is 12.7. The molecule has 0 aliphatic carbocycles. The van der Waals surface area contributed by atoms with Gasteiger partial charge in [0.05, 0.1) is 23.7 Å². The highest BCUT2D eigenvalue weighted by molar-refractivity contribution is 6.44. The van der Waals surface area contributed by atoms with Crippen LogP contribution in [0.25, 0.3) is 0 Å². The van der Waals surface area contributed by atoms with Crippen LogP contribution in [0.15, 0.2) is 59.7 Å². The van der Waals surface area contributed by atoms with Gasteiger partial charge in [-0.15, -0.1) is 0 Å². The largest absolute Gasteiger partial charge is 0.480 e. The van der Waals surface area contributed by atoms with E-state index in [0.717, 1.165) is 5.69 Å². The van der Waals surface area contributed by atoms with Crippen LogP contribution in [0, 0.1) is 0 Å². The predicted octanol–water partition coefficient (Wildman–Crippen LogP) is 2.40. The first kappa shape index (κ1) is 19.4. The van der Waals surface area contributed by atoms with Gasteiger partial charge in [-0.1, -0.05) is 30.3 Å². The van der Waals surface area contributed by atoms with Crippen molar-refractivity contribution >= 4 is 34.7 Å². The lowest BCUT2D eigenvalue weighted by Crippen LogP contribution is -2.34. The fourth-order valence-corrected chi connectivity index (χ4v) is 2.89. The molecule has 0 spiro atoms. The van der Waals surface area contributed by atoms with Crippen LogP contribution in [-0.2, 0) is 14.3 Å². The van der Waals surface area contributed by atoms with Gasteiger partial charge >= 0.3 is 5.97 Å². The summed E-state index contributed by atoms with van der Waals surface area (Å²) in [5.74, 6) is -1.46. The number of nitrogens with zero attached hydrogens (tertiary/aromatic N) is 2. The van der Waals surface area contributed by atoms with Crippen LogP contribution < -0.4 is 15.6 Å². The van der Waals surface area contributed by atoms with E-state index >= 15 is 0 Å². The summed E-state index contributed by atoms with van der Waals surface area (Å²) >= 11 is 0. The molecule has 0 fully saturated rings.